The highest BCUT2D eigenvalue weighted by atomic mass is 16.3. The molecular weight excluding hydrogens is 338 g/mol. The normalized spacial score (nSPS) is 17.9. The molecule has 0 saturated carbocycles. The van der Waals surface area contributed by atoms with Crippen LogP contribution in [-0.4, -0.2) is 36.4 Å². The van der Waals surface area contributed by atoms with E-state index in [9.17, 15) is 4.79 Å². The molecule has 0 spiro atoms. The van der Waals surface area contributed by atoms with Crippen molar-refractivity contribution in [2.45, 2.75) is 32.2 Å². The van der Waals surface area contributed by atoms with E-state index in [1.165, 1.54) is 23.1 Å². The Balaban J connectivity index is 1.53. The van der Waals surface area contributed by atoms with Crippen LogP contribution in [-0.2, 0) is 12.8 Å². The Morgan fingerprint density at radius 3 is 2.96 bits per heavy atom. The smallest absolute Gasteiger partial charge is 0.251 e. The number of aromatic nitrogens is 1. The second kappa shape index (κ2) is 7.24. The molecule has 3 aromatic rings. The Bertz CT molecular complexity index is 940. The Kier molecular flexibility index (Phi) is 4.79. The van der Waals surface area contributed by atoms with E-state index in [2.05, 4.69) is 17.2 Å². The van der Waals surface area contributed by atoms with Crippen LogP contribution in [0.3, 0.4) is 0 Å². The van der Waals surface area contributed by atoms with Crippen molar-refractivity contribution in [3.05, 3.63) is 59.2 Å². The highest BCUT2D eigenvalue weighted by Crippen LogP contribution is 2.32. The molecule has 0 radical (unpaired) electrons. The number of carbonyl (C=O) groups is 1. The summed E-state index contributed by atoms with van der Waals surface area (Å²) in [4.78, 5) is 18.4. The fourth-order valence-electron chi connectivity index (χ4n) is 4.04. The molecule has 0 aliphatic heterocycles. The molecular formula is C22H27N3O2. The average molecular weight is 365 g/mol. The molecule has 1 amide bonds. The van der Waals surface area contributed by atoms with Crippen molar-refractivity contribution in [3.63, 3.8) is 0 Å². The maximum absolute atomic E-state index is 12.8. The van der Waals surface area contributed by atoms with Gasteiger partial charge in [-0.15, -0.1) is 0 Å². The molecule has 4 rings (SSSR count). The molecule has 1 aliphatic rings. The topological polar surface area (TPSA) is 61.3 Å². The van der Waals surface area contributed by atoms with Gasteiger partial charge in [0.15, 0.2) is 0 Å². The van der Waals surface area contributed by atoms with E-state index >= 15 is 0 Å². The van der Waals surface area contributed by atoms with Crippen LogP contribution in [0.15, 0.2) is 41.0 Å². The molecule has 2 heterocycles. The number of likely N-dealkylation sites (N-methyl/N-ethyl adjacent to an activating group) is 1. The minimum absolute atomic E-state index is 0.00792. The van der Waals surface area contributed by atoms with Crippen LogP contribution in [0.25, 0.3) is 10.9 Å². The largest absolute Gasteiger partial charge is 0.468 e. The van der Waals surface area contributed by atoms with E-state index in [0.717, 1.165) is 24.1 Å². The predicted molar refractivity (Wildman–Crippen MR) is 107 cm³/mol. The van der Waals surface area contributed by atoms with Gasteiger partial charge in [0.25, 0.3) is 5.91 Å². The third kappa shape index (κ3) is 3.52. The number of hydrogen-bond donors (Lipinski definition) is 2. The zero-order valence-electron chi connectivity index (χ0n) is 16.2. The van der Waals surface area contributed by atoms with Gasteiger partial charge in [0.05, 0.1) is 12.3 Å². The molecule has 2 atom stereocenters. The van der Waals surface area contributed by atoms with Crippen molar-refractivity contribution in [1.82, 2.24) is 15.2 Å². The number of furan rings is 1. The number of aromatic amines is 1. The summed E-state index contributed by atoms with van der Waals surface area (Å²) >= 11 is 0. The first kappa shape index (κ1) is 17.9. The fourth-order valence-corrected chi connectivity index (χ4v) is 4.04. The number of carbonyl (C=O) groups excluding carboxylic acids is 1. The van der Waals surface area contributed by atoms with E-state index in [0.29, 0.717) is 18.0 Å². The highest BCUT2D eigenvalue weighted by Gasteiger charge is 2.21. The number of H-pyrrole nitrogens is 1. The number of benzene rings is 1. The molecule has 1 aliphatic carbocycles. The average Bonchev–Trinajstić information content (AvgIpc) is 3.29. The van der Waals surface area contributed by atoms with Gasteiger partial charge in [-0.3, -0.25) is 9.69 Å². The van der Waals surface area contributed by atoms with E-state index in [4.69, 9.17) is 4.42 Å². The van der Waals surface area contributed by atoms with E-state index in [-0.39, 0.29) is 11.9 Å². The number of nitrogens with one attached hydrogen (secondary N) is 2. The lowest BCUT2D eigenvalue weighted by atomic mass is 9.87. The van der Waals surface area contributed by atoms with Crippen molar-refractivity contribution in [3.8, 4) is 0 Å². The summed E-state index contributed by atoms with van der Waals surface area (Å²) in [6.45, 7) is 2.80. The van der Waals surface area contributed by atoms with Crippen molar-refractivity contribution < 1.29 is 9.21 Å². The number of amides is 1. The zero-order valence-corrected chi connectivity index (χ0v) is 16.2. The number of rotatable bonds is 5. The summed E-state index contributed by atoms with van der Waals surface area (Å²) in [7, 11) is 3.97. The van der Waals surface area contributed by atoms with E-state index in [1.807, 2.05) is 49.3 Å². The van der Waals surface area contributed by atoms with Crippen LogP contribution < -0.4 is 5.32 Å². The second-order valence-corrected chi connectivity index (χ2v) is 7.90. The first-order chi connectivity index (χ1) is 13.0. The van der Waals surface area contributed by atoms with Gasteiger partial charge in [-0.25, -0.2) is 0 Å². The van der Waals surface area contributed by atoms with Crippen molar-refractivity contribution in [2.24, 2.45) is 5.92 Å². The molecule has 1 aromatic carbocycles. The maximum Gasteiger partial charge on any atom is 0.251 e. The summed E-state index contributed by atoms with van der Waals surface area (Å²) < 4.78 is 5.52. The molecule has 0 unspecified atom stereocenters. The van der Waals surface area contributed by atoms with Crippen LogP contribution in [0, 0.1) is 5.92 Å². The van der Waals surface area contributed by atoms with Gasteiger partial charge in [0, 0.05) is 28.7 Å². The standard InChI is InChI=1S/C22H27N3O2/c1-14-6-8-18-16(11-14)17-12-15(7-9-19(17)24-18)22(26)23-13-20(25(2)3)21-5-4-10-27-21/h4-5,7,9-10,12,14,20,24H,6,8,11,13H2,1-3H3,(H,23,26)/t14-,20-/m1/s1. The first-order valence-electron chi connectivity index (χ1n) is 9.64. The van der Waals surface area contributed by atoms with Crippen molar-refractivity contribution in [1.29, 1.82) is 0 Å². The Hall–Kier alpha value is -2.53. The SMILES string of the molecule is C[C@@H]1CCc2[nH]c3ccc(C(=O)NC[C@H](c4ccco4)N(C)C)cc3c2C1. The van der Waals surface area contributed by atoms with Crippen molar-refractivity contribution in [2.75, 3.05) is 20.6 Å². The highest BCUT2D eigenvalue weighted by molar-refractivity contribution is 5.99. The summed E-state index contributed by atoms with van der Waals surface area (Å²) in [6, 6.07) is 9.79. The Morgan fingerprint density at radius 1 is 1.37 bits per heavy atom. The maximum atomic E-state index is 12.8. The second-order valence-electron chi connectivity index (χ2n) is 7.90. The van der Waals surface area contributed by atoms with Crippen LogP contribution in [0.2, 0.25) is 0 Å². The predicted octanol–water partition coefficient (Wildman–Crippen LogP) is 3.92. The summed E-state index contributed by atoms with van der Waals surface area (Å²) in [5, 5.41) is 4.26. The number of aryl methyl sites for hydroxylation is 1. The fraction of sp³-hybridized carbons (Fsp3) is 0.409. The molecule has 2 aromatic heterocycles. The lowest BCUT2D eigenvalue weighted by Gasteiger charge is -2.22. The summed E-state index contributed by atoms with van der Waals surface area (Å²) in [5.74, 6) is 1.50. The van der Waals surface area contributed by atoms with Crippen molar-refractivity contribution >= 4 is 16.8 Å². The van der Waals surface area contributed by atoms with Crippen LogP contribution in [0.4, 0.5) is 0 Å². The molecule has 2 N–H and O–H groups in total. The minimum atomic E-state index is -0.0471. The third-order valence-electron chi connectivity index (χ3n) is 5.65. The van der Waals surface area contributed by atoms with Crippen LogP contribution >= 0.6 is 0 Å². The summed E-state index contributed by atoms with van der Waals surface area (Å²) in [6.07, 6.45) is 5.07. The molecule has 5 heteroatoms. The minimum Gasteiger partial charge on any atom is -0.468 e. The monoisotopic (exact) mass is 365 g/mol. The molecule has 0 fully saturated rings. The quantitative estimate of drug-likeness (QED) is 0.720. The molecule has 142 valence electrons. The van der Waals surface area contributed by atoms with E-state index in [1.54, 1.807) is 6.26 Å². The third-order valence-corrected chi connectivity index (χ3v) is 5.65. The first-order valence-corrected chi connectivity index (χ1v) is 9.64. The Morgan fingerprint density at radius 2 is 2.22 bits per heavy atom. The molecule has 0 saturated heterocycles. The number of hydrogen-bond acceptors (Lipinski definition) is 3. The van der Waals surface area contributed by atoms with E-state index < -0.39 is 0 Å². The van der Waals surface area contributed by atoms with Gasteiger partial charge in [-0.2, -0.15) is 0 Å². The number of nitrogens with zero attached hydrogens (tertiary/aromatic N) is 1. The lowest BCUT2D eigenvalue weighted by molar-refractivity contribution is 0.0939. The summed E-state index contributed by atoms with van der Waals surface area (Å²) in [5.41, 5.74) is 4.57. The van der Waals surface area contributed by atoms with Crippen LogP contribution in [0.5, 0.6) is 0 Å². The lowest BCUT2D eigenvalue weighted by Crippen LogP contribution is -2.34. The van der Waals surface area contributed by atoms with Gasteiger partial charge < -0.3 is 14.7 Å². The van der Waals surface area contributed by atoms with Gasteiger partial charge >= 0.3 is 0 Å². The zero-order chi connectivity index (χ0) is 19.0. The Labute approximate surface area is 159 Å². The molecule has 0 bridgehead atoms. The van der Waals surface area contributed by atoms with Crippen LogP contribution in [0.1, 0.15) is 46.8 Å². The van der Waals surface area contributed by atoms with Gasteiger partial charge in [0.2, 0.25) is 0 Å². The molecule has 5 nitrogen and oxygen atoms in total. The van der Waals surface area contributed by atoms with Gasteiger partial charge in [0.1, 0.15) is 5.76 Å². The molecule has 27 heavy (non-hydrogen) atoms. The van der Waals surface area contributed by atoms with Gasteiger partial charge in [-0.1, -0.05) is 6.92 Å². The number of fused-ring (bicyclic) bond motifs is 3. The van der Waals surface area contributed by atoms with Gasteiger partial charge in [-0.05, 0) is 75.2 Å².